The number of amides is 1. The first-order chi connectivity index (χ1) is 18.5. The number of rotatable bonds is 11. The van der Waals surface area contributed by atoms with E-state index >= 15 is 0 Å². The molecule has 38 heavy (non-hydrogen) atoms. The maximum atomic E-state index is 12.7. The van der Waals surface area contributed by atoms with Crippen molar-refractivity contribution >= 4 is 11.6 Å². The van der Waals surface area contributed by atoms with E-state index in [9.17, 15) is 9.90 Å². The smallest absolute Gasteiger partial charge is 0.237 e. The van der Waals surface area contributed by atoms with Gasteiger partial charge in [0.15, 0.2) is 0 Å². The molecule has 2 aromatic carbocycles. The summed E-state index contributed by atoms with van der Waals surface area (Å²) in [5.41, 5.74) is 1.83. The van der Waals surface area contributed by atoms with E-state index in [-0.39, 0.29) is 23.7 Å². The first kappa shape index (κ1) is 30.7. The molecule has 1 unspecified atom stereocenters. The van der Waals surface area contributed by atoms with E-state index in [1.807, 2.05) is 66.6 Å². The van der Waals surface area contributed by atoms with Crippen LogP contribution in [-0.2, 0) is 11.3 Å². The number of piperazine rings is 1. The van der Waals surface area contributed by atoms with Gasteiger partial charge in [0.1, 0.15) is 5.75 Å². The number of anilines is 1. The normalized spacial score (nSPS) is 17.4. The van der Waals surface area contributed by atoms with Gasteiger partial charge >= 0.3 is 0 Å². The second-order valence-electron chi connectivity index (χ2n) is 9.40. The average Bonchev–Trinajstić information content (AvgIpc) is 2.93. The molecule has 1 aliphatic rings. The summed E-state index contributed by atoms with van der Waals surface area (Å²) in [6, 6.07) is 17.7. The number of unbranched alkanes of at least 4 members (excludes halogenated alkanes) is 1. The number of allylic oxidation sites excluding steroid dienone is 6. The highest BCUT2D eigenvalue weighted by Gasteiger charge is 2.32. The van der Waals surface area contributed by atoms with Gasteiger partial charge in [-0.3, -0.25) is 9.69 Å². The maximum Gasteiger partial charge on any atom is 0.237 e. The monoisotopic (exact) mass is 515 g/mol. The van der Waals surface area contributed by atoms with Gasteiger partial charge in [-0.25, -0.2) is 0 Å². The third-order valence-corrected chi connectivity index (χ3v) is 6.36. The van der Waals surface area contributed by atoms with Crippen molar-refractivity contribution < 1.29 is 9.90 Å². The number of benzene rings is 2. The molecule has 3 rings (SSSR count). The summed E-state index contributed by atoms with van der Waals surface area (Å²) in [4.78, 5) is 16.9. The van der Waals surface area contributed by atoms with Gasteiger partial charge in [0.25, 0.3) is 0 Å². The summed E-state index contributed by atoms with van der Waals surface area (Å²) in [7, 11) is 0. The van der Waals surface area contributed by atoms with Crippen molar-refractivity contribution in [1.29, 1.82) is 0 Å². The number of phenolic OH excluding ortho intramolecular Hbond substituents is 1. The SMILES string of the molecule is CCC(/C=C/Nc1ccccc1O)N1CC(=O)N(Cc2ccccc2)C[C@H]1C.C\C=C/C=C\C=C\CCC. The summed E-state index contributed by atoms with van der Waals surface area (Å²) in [6.07, 6.45) is 19.6. The minimum atomic E-state index is 0.163. The Kier molecular flexibility index (Phi) is 14.4. The Hall–Kier alpha value is -3.57. The van der Waals surface area contributed by atoms with Crippen molar-refractivity contribution in [3.63, 3.8) is 0 Å². The third kappa shape index (κ3) is 10.8. The van der Waals surface area contributed by atoms with Crippen LogP contribution in [0.3, 0.4) is 0 Å². The van der Waals surface area contributed by atoms with Crippen LogP contribution in [-0.4, -0.2) is 46.0 Å². The van der Waals surface area contributed by atoms with Crippen molar-refractivity contribution in [1.82, 2.24) is 9.80 Å². The molecule has 1 heterocycles. The second kappa shape index (κ2) is 17.8. The van der Waals surface area contributed by atoms with E-state index in [1.165, 1.54) is 12.8 Å². The fourth-order valence-electron chi connectivity index (χ4n) is 4.24. The number of para-hydroxylation sites is 2. The van der Waals surface area contributed by atoms with Gasteiger partial charge in [-0.2, -0.15) is 0 Å². The number of aromatic hydroxyl groups is 1. The lowest BCUT2D eigenvalue weighted by atomic mass is 10.1. The van der Waals surface area contributed by atoms with Gasteiger partial charge < -0.3 is 15.3 Å². The van der Waals surface area contributed by atoms with E-state index in [0.29, 0.717) is 18.8 Å². The number of phenols is 1. The molecule has 5 nitrogen and oxygen atoms in total. The largest absolute Gasteiger partial charge is 0.506 e. The van der Waals surface area contributed by atoms with E-state index in [4.69, 9.17) is 0 Å². The van der Waals surface area contributed by atoms with Crippen molar-refractivity contribution in [2.24, 2.45) is 0 Å². The van der Waals surface area contributed by atoms with Crippen LogP contribution >= 0.6 is 0 Å². The molecule has 0 radical (unpaired) electrons. The quantitative estimate of drug-likeness (QED) is 0.243. The molecule has 204 valence electrons. The Bertz CT molecular complexity index is 1060. The van der Waals surface area contributed by atoms with Gasteiger partial charge in [-0.15, -0.1) is 0 Å². The van der Waals surface area contributed by atoms with Crippen LogP contribution < -0.4 is 5.32 Å². The maximum absolute atomic E-state index is 12.7. The van der Waals surface area contributed by atoms with Crippen LogP contribution in [0, 0.1) is 0 Å². The third-order valence-electron chi connectivity index (χ3n) is 6.36. The molecular weight excluding hydrogens is 470 g/mol. The number of carbonyl (C=O) groups is 1. The summed E-state index contributed by atoms with van der Waals surface area (Å²) < 4.78 is 0. The molecule has 0 aliphatic carbocycles. The predicted octanol–water partition coefficient (Wildman–Crippen LogP) is 7.30. The van der Waals surface area contributed by atoms with Crippen LogP contribution in [0.15, 0.2) is 103 Å². The minimum Gasteiger partial charge on any atom is -0.506 e. The van der Waals surface area contributed by atoms with Gasteiger partial charge in [-0.05, 0) is 50.6 Å². The number of hydrogen-bond donors (Lipinski definition) is 2. The number of hydrogen-bond acceptors (Lipinski definition) is 4. The Morgan fingerprint density at radius 3 is 2.42 bits per heavy atom. The Labute approximate surface area is 229 Å². The predicted molar refractivity (Wildman–Crippen MR) is 161 cm³/mol. The molecule has 1 saturated heterocycles. The van der Waals surface area contributed by atoms with E-state index in [0.717, 1.165) is 18.5 Å². The van der Waals surface area contributed by atoms with E-state index in [2.05, 4.69) is 67.4 Å². The molecular formula is C33H45N3O2. The zero-order chi connectivity index (χ0) is 27.6. The van der Waals surface area contributed by atoms with Crippen LogP contribution in [0.25, 0.3) is 0 Å². The lowest BCUT2D eigenvalue weighted by Crippen LogP contribution is -2.57. The molecule has 2 aromatic rings. The van der Waals surface area contributed by atoms with Crippen LogP contribution in [0.5, 0.6) is 5.75 Å². The summed E-state index contributed by atoms with van der Waals surface area (Å²) in [5, 5.41) is 13.0. The first-order valence-corrected chi connectivity index (χ1v) is 13.7. The van der Waals surface area contributed by atoms with Gasteiger partial charge in [-0.1, -0.05) is 105 Å². The van der Waals surface area contributed by atoms with E-state index in [1.54, 1.807) is 12.1 Å². The van der Waals surface area contributed by atoms with E-state index < -0.39 is 0 Å². The second-order valence-corrected chi connectivity index (χ2v) is 9.40. The fourth-order valence-corrected chi connectivity index (χ4v) is 4.24. The molecule has 1 aliphatic heterocycles. The Morgan fingerprint density at radius 2 is 1.74 bits per heavy atom. The highest BCUT2D eigenvalue weighted by molar-refractivity contribution is 5.79. The molecule has 2 atom stereocenters. The first-order valence-electron chi connectivity index (χ1n) is 13.7. The Balaban J connectivity index is 0.000000432. The van der Waals surface area contributed by atoms with Crippen LogP contribution in [0.1, 0.15) is 52.5 Å². The molecule has 0 bridgehead atoms. The lowest BCUT2D eigenvalue weighted by Gasteiger charge is -2.42. The summed E-state index contributed by atoms with van der Waals surface area (Å²) in [5.74, 6) is 0.390. The molecule has 2 N–H and O–H groups in total. The highest BCUT2D eigenvalue weighted by atomic mass is 16.3. The van der Waals surface area contributed by atoms with Crippen LogP contribution in [0.4, 0.5) is 5.69 Å². The zero-order valence-corrected chi connectivity index (χ0v) is 23.5. The number of nitrogens with zero attached hydrogens (tertiary/aromatic N) is 2. The van der Waals surface area contributed by atoms with Gasteiger partial charge in [0.05, 0.1) is 12.2 Å². The Morgan fingerprint density at radius 1 is 1.03 bits per heavy atom. The minimum absolute atomic E-state index is 0.163. The fraction of sp³-hybridized carbons (Fsp3) is 0.364. The van der Waals surface area contributed by atoms with Crippen LogP contribution in [0.2, 0.25) is 0 Å². The zero-order valence-electron chi connectivity index (χ0n) is 23.5. The van der Waals surface area contributed by atoms with Crippen molar-refractivity contribution in [2.45, 2.75) is 65.6 Å². The molecule has 1 fully saturated rings. The van der Waals surface area contributed by atoms with Crippen molar-refractivity contribution in [3.8, 4) is 5.75 Å². The van der Waals surface area contributed by atoms with Gasteiger partial charge in [0, 0.05) is 25.2 Å². The lowest BCUT2D eigenvalue weighted by molar-refractivity contribution is -0.139. The van der Waals surface area contributed by atoms with Crippen molar-refractivity contribution in [3.05, 3.63) is 109 Å². The average molecular weight is 516 g/mol. The standard InChI is InChI=1S/C23H29N3O2.C10H16/c1-3-20(13-14-24-21-11-7-8-12-22(21)27)26-17-23(28)25(15-18(26)2)16-19-9-5-4-6-10-19;1-3-5-7-9-10-8-6-4-2/h4-14,18,20,24,27H,3,15-17H2,1-2H3;3,5,7-10H,4,6H2,1-2H3/b14-13+;5-3-,9-7-,10-8+/t18-,20?;/m1./s1. The summed E-state index contributed by atoms with van der Waals surface area (Å²) >= 11 is 0. The van der Waals surface area contributed by atoms with Gasteiger partial charge in [0.2, 0.25) is 5.91 Å². The topological polar surface area (TPSA) is 55.8 Å². The number of nitrogens with one attached hydrogen (secondary N) is 1. The molecule has 0 spiro atoms. The molecule has 0 saturated carbocycles. The van der Waals surface area contributed by atoms with Crippen molar-refractivity contribution in [2.75, 3.05) is 18.4 Å². The molecule has 5 heteroatoms. The molecule has 1 amide bonds. The number of carbonyl (C=O) groups excluding carboxylic acids is 1. The highest BCUT2D eigenvalue weighted by Crippen LogP contribution is 2.22. The molecule has 0 aromatic heterocycles. The summed E-state index contributed by atoms with van der Waals surface area (Å²) in [6.45, 7) is 10.3.